The van der Waals surface area contributed by atoms with Gasteiger partial charge in [-0.2, -0.15) is 0 Å². The fraction of sp³-hybridized carbons (Fsp3) is 0.475. The first-order valence-electron chi connectivity index (χ1n) is 18.7. The number of rotatable bonds is 9. The van der Waals surface area contributed by atoms with Crippen LogP contribution in [-0.2, 0) is 44.8 Å². The third kappa shape index (κ3) is 7.17. The molecule has 54 heavy (non-hydrogen) atoms. The summed E-state index contributed by atoms with van der Waals surface area (Å²) in [5, 5.41) is 25.9. The molecule has 2 aliphatic heterocycles. The number of carboxylic acids is 1. The van der Waals surface area contributed by atoms with Gasteiger partial charge in [0.15, 0.2) is 11.6 Å². The van der Waals surface area contributed by atoms with Crippen molar-refractivity contribution in [2.24, 2.45) is 19.5 Å². The van der Waals surface area contributed by atoms with E-state index in [0.29, 0.717) is 72.1 Å². The van der Waals surface area contributed by atoms with Crippen molar-refractivity contribution in [2.75, 3.05) is 30.3 Å². The first-order valence-corrected chi connectivity index (χ1v) is 19.1. The van der Waals surface area contributed by atoms with Gasteiger partial charge < -0.3 is 30.0 Å². The van der Waals surface area contributed by atoms with Crippen LogP contribution in [0, 0.1) is 12.3 Å². The predicted octanol–water partition coefficient (Wildman–Crippen LogP) is 5.42. The Hall–Kier alpha value is -4.56. The number of benzene rings is 2. The quantitative estimate of drug-likeness (QED) is 0.175. The number of aromatic nitrogens is 4. The Kier molecular flexibility index (Phi) is 10.4. The van der Waals surface area contributed by atoms with Gasteiger partial charge in [-0.05, 0) is 69.7 Å². The Balaban J connectivity index is 1.05. The van der Waals surface area contributed by atoms with Crippen molar-refractivity contribution in [3.8, 4) is 11.1 Å². The van der Waals surface area contributed by atoms with Crippen molar-refractivity contribution in [3.05, 3.63) is 81.4 Å². The Morgan fingerprint density at radius 1 is 0.889 bits per heavy atom. The summed E-state index contributed by atoms with van der Waals surface area (Å²) in [5.41, 5.74) is 6.51. The number of carbonyl (C=O) groups excluding carboxylic acids is 2. The molecule has 13 nitrogen and oxygen atoms in total. The topological polar surface area (TPSA) is 158 Å². The van der Waals surface area contributed by atoms with Crippen molar-refractivity contribution in [1.29, 1.82) is 0 Å². The largest absolute Gasteiger partial charge is 0.481 e. The third-order valence-electron chi connectivity index (χ3n) is 11.8. The maximum atomic E-state index is 13.7. The van der Waals surface area contributed by atoms with E-state index >= 15 is 0 Å². The van der Waals surface area contributed by atoms with E-state index in [1.807, 2.05) is 67.4 Å². The Bertz CT molecular complexity index is 2110. The van der Waals surface area contributed by atoms with Crippen LogP contribution in [-0.4, -0.2) is 88.7 Å². The van der Waals surface area contributed by atoms with Crippen molar-refractivity contribution < 1.29 is 24.6 Å². The number of amides is 2. The van der Waals surface area contributed by atoms with Crippen molar-refractivity contribution >= 4 is 40.8 Å². The zero-order valence-corrected chi connectivity index (χ0v) is 32.3. The van der Waals surface area contributed by atoms with Gasteiger partial charge in [0.05, 0.1) is 33.6 Å². The number of fused-ring (bicyclic) bond motifs is 2. The predicted molar refractivity (Wildman–Crippen MR) is 207 cm³/mol. The number of hydrogen-bond donors (Lipinski definition) is 4. The molecule has 286 valence electrons. The van der Waals surface area contributed by atoms with Crippen LogP contribution < -0.4 is 10.6 Å². The van der Waals surface area contributed by atoms with Gasteiger partial charge in [0.25, 0.3) is 11.8 Å². The summed E-state index contributed by atoms with van der Waals surface area (Å²) >= 11 is 7.00. The molecular formula is C40H49ClN8O5. The van der Waals surface area contributed by atoms with E-state index in [-0.39, 0.29) is 11.8 Å². The first-order chi connectivity index (χ1) is 25.7. The molecule has 0 spiro atoms. The molecule has 3 aliphatic rings. The fourth-order valence-electron chi connectivity index (χ4n) is 8.45. The summed E-state index contributed by atoms with van der Waals surface area (Å²) in [4.78, 5) is 53.1. The minimum Gasteiger partial charge on any atom is -0.481 e. The number of carboxylic acid groups (broad SMARTS) is 1. The number of aliphatic hydroxyl groups is 1. The minimum absolute atomic E-state index is 0.301. The van der Waals surface area contributed by atoms with E-state index in [1.165, 1.54) is 0 Å². The first kappa shape index (κ1) is 37.7. The number of hydrogen-bond acceptors (Lipinski definition) is 8. The summed E-state index contributed by atoms with van der Waals surface area (Å²) in [6.45, 7) is 8.92. The lowest BCUT2D eigenvalue weighted by Crippen LogP contribution is -2.44. The molecule has 2 amide bonds. The van der Waals surface area contributed by atoms with Crippen LogP contribution in [0.4, 0.5) is 11.4 Å². The average molecular weight is 757 g/mol. The standard InChI is InChI=1S/C40H49ClN8O5/c1-23(50)20-48-18-14-32-30(21-48)42-35(46(32)4)37(51)44-28-10-6-8-26(24(28)2)27-9-7-11-29(34(27)41)45-38(52)36-43-31-22-49(19-15-33(31)47(36)5)25-12-16-40(3,17-13-25)39(53)54/h6-11,23,25,50H,12-22H2,1-5H3,(H,44,51)(H,45,52)(H,53,54)/t23-,25?,40?/m0/s1. The second-order valence-electron chi connectivity index (χ2n) is 15.5. The lowest BCUT2D eigenvalue weighted by atomic mass is 9.73. The molecule has 1 atom stereocenters. The molecule has 14 heteroatoms. The highest BCUT2D eigenvalue weighted by molar-refractivity contribution is 6.36. The monoisotopic (exact) mass is 756 g/mol. The van der Waals surface area contributed by atoms with Gasteiger partial charge in [-0.25, -0.2) is 9.97 Å². The lowest BCUT2D eigenvalue weighted by Gasteiger charge is -2.41. The molecule has 4 aromatic rings. The van der Waals surface area contributed by atoms with Crippen molar-refractivity contribution in [2.45, 2.75) is 84.5 Å². The molecule has 7 rings (SSSR count). The summed E-state index contributed by atoms with van der Waals surface area (Å²) in [6.07, 6.45) is 4.04. The molecule has 4 heterocycles. The lowest BCUT2D eigenvalue weighted by molar-refractivity contribution is -0.150. The number of β-amino-alcohol motifs (C(OH)–C–C–N with tert-alkyl or cyclic N) is 1. The molecule has 0 radical (unpaired) electrons. The smallest absolute Gasteiger partial charge is 0.309 e. The number of carbonyl (C=O) groups is 3. The molecule has 1 fully saturated rings. The molecule has 4 N–H and O–H groups in total. The second kappa shape index (κ2) is 14.9. The highest BCUT2D eigenvalue weighted by Crippen LogP contribution is 2.40. The third-order valence-corrected chi connectivity index (χ3v) is 12.2. The molecule has 0 bridgehead atoms. The SMILES string of the molecule is Cc1c(NC(=O)c2nc3c(n2C)CCN(C[C@H](C)O)C3)cccc1-c1cccc(NC(=O)c2nc3c(n2C)CCN(C2CCC(C)(C(=O)O)CC2)C3)c1Cl. The van der Waals surface area contributed by atoms with Crippen LogP contribution in [0.3, 0.4) is 0 Å². The van der Waals surface area contributed by atoms with E-state index in [4.69, 9.17) is 21.6 Å². The number of imidazole rings is 2. The van der Waals surface area contributed by atoms with E-state index in [9.17, 15) is 24.6 Å². The van der Waals surface area contributed by atoms with Gasteiger partial charge in [-0.1, -0.05) is 35.9 Å². The minimum atomic E-state index is -0.720. The maximum absolute atomic E-state index is 13.7. The molecular weight excluding hydrogens is 708 g/mol. The summed E-state index contributed by atoms with van der Waals surface area (Å²) < 4.78 is 3.72. The van der Waals surface area contributed by atoms with Crippen LogP contribution in [0.25, 0.3) is 11.1 Å². The van der Waals surface area contributed by atoms with E-state index in [0.717, 1.165) is 72.7 Å². The molecule has 1 aliphatic carbocycles. The van der Waals surface area contributed by atoms with Crippen LogP contribution in [0.1, 0.15) is 89.1 Å². The van der Waals surface area contributed by atoms with Crippen LogP contribution >= 0.6 is 11.6 Å². The Morgan fingerprint density at radius 3 is 2.06 bits per heavy atom. The normalized spacial score (nSPS) is 20.9. The number of nitrogens with one attached hydrogen (secondary N) is 2. The van der Waals surface area contributed by atoms with E-state index < -0.39 is 17.5 Å². The summed E-state index contributed by atoms with van der Waals surface area (Å²) in [5.74, 6) is -0.771. The van der Waals surface area contributed by atoms with Crippen LogP contribution in [0.15, 0.2) is 36.4 Å². The fourth-order valence-corrected chi connectivity index (χ4v) is 8.73. The zero-order chi connectivity index (χ0) is 38.5. The number of halogens is 1. The summed E-state index contributed by atoms with van der Waals surface area (Å²) in [7, 11) is 3.72. The second-order valence-corrected chi connectivity index (χ2v) is 15.9. The average Bonchev–Trinajstić information content (AvgIpc) is 3.65. The number of aliphatic carboxylic acids is 1. The molecule has 0 saturated heterocycles. The van der Waals surface area contributed by atoms with E-state index in [1.54, 1.807) is 13.0 Å². The number of anilines is 2. The van der Waals surface area contributed by atoms with Gasteiger partial charge in [0, 0.05) is 88.3 Å². The number of aliphatic hydroxyl groups excluding tert-OH is 1. The van der Waals surface area contributed by atoms with Crippen molar-refractivity contribution in [1.82, 2.24) is 28.9 Å². The molecule has 2 aromatic carbocycles. The molecule has 1 saturated carbocycles. The Labute approximate surface area is 320 Å². The molecule has 2 aromatic heterocycles. The molecule has 0 unspecified atom stereocenters. The highest BCUT2D eigenvalue weighted by Gasteiger charge is 2.40. The highest BCUT2D eigenvalue weighted by atomic mass is 35.5. The zero-order valence-electron chi connectivity index (χ0n) is 31.6. The van der Waals surface area contributed by atoms with Crippen molar-refractivity contribution in [3.63, 3.8) is 0 Å². The number of nitrogens with zero attached hydrogens (tertiary/aromatic N) is 6. The van der Waals surface area contributed by atoms with Gasteiger partial charge in [-0.15, -0.1) is 0 Å². The van der Waals surface area contributed by atoms with Gasteiger partial charge in [0.1, 0.15) is 0 Å². The van der Waals surface area contributed by atoms with E-state index in [2.05, 4.69) is 20.4 Å². The van der Waals surface area contributed by atoms with Gasteiger partial charge in [-0.3, -0.25) is 24.2 Å². The summed E-state index contributed by atoms with van der Waals surface area (Å²) in [6, 6.07) is 11.4. The van der Waals surface area contributed by atoms with Crippen LogP contribution in [0.5, 0.6) is 0 Å². The van der Waals surface area contributed by atoms with Crippen LogP contribution in [0.2, 0.25) is 5.02 Å². The Morgan fingerprint density at radius 2 is 1.44 bits per heavy atom. The van der Waals surface area contributed by atoms with Gasteiger partial charge in [0.2, 0.25) is 0 Å². The maximum Gasteiger partial charge on any atom is 0.309 e. The van der Waals surface area contributed by atoms with Gasteiger partial charge >= 0.3 is 5.97 Å².